The van der Waals surface area contributed by atoms with Gasteiger partial charge in [-0.05, 0) is 0 Å². The second-order valence-electron chi connectivity index (χ2n) is 7.60. The van der Waals surface area contributed by atoms with Crippen molar-refractivity contribution in [3.05, 3.63) is 82.9 Å². The maximum Gasteiger partial charge on any atom is 2.00 e. The van der Waals surface area contributed by atoms with E-state index in [1.807, 2.05) is 12.1 Å². The number of hydrogen-bond acceptors (Lipinski definition) is 6. The molecule has 8 bridgehead atoms. The third kappa shape index (κ3) is 5.87. The second kappa shape index (κ2) is 10.7. The summed E-state index contributed by atoms with van der Waals surface area (Å²) in [5.41, 5.74) is -4.85. The van der Waals surface area contributed by atoms with Crippen LogP contribution in [0, 0.1) is 35.4 Å². The fourth-order valence-corrected chi connectivity index (χ4v) is 3.29. The second-order valence-corrected chi connectivity index (χ2v) is 7.60. The molecule has 0 atom stereocenters. The predicted octanol–water partition coefficient (Wildman–Crippen LogP) is 8.15. The van der Waals surface area contributed by atoms with Gasteiger partial charge >= 0.3 is 33.4 Å². The van der Waals surface area contributed by atoms with Crippen LogP contribution in [0.3, 0.4) is 0 Å². The molecule has 0 amide bonds. The zero-order chi connectivity index (χ0) is 29.0. The monoisotopic (exact) mass is 771 g/mol. The van der Waals surface area contributed by atoms with Gasteiger partial charge in [0.15, 0.2) is 0 Å². The summed E-state index contributed by atoms with van der Waals surface area (Å²) < 4.78 is 160. The molecule has 6 nitrogen and oxygen atoms in total. The van der Waals surface area contributed by atoms with Crippen LogP contribution in [0.1, 0.15) is 11.1 Å². The molecule has 41 heavy (non-hydrogen) atoms. The molecular weight excluding hydrogens is 765 g/mol. The van der Waals surface area contributed by atoms with Gasteiger partial charge in [0.1, 0.15) is 0 Å². The molecule has 2 aromatic carbocycles. The first-order valence-corrected chi connectivity index (χ1v) is 10.4. The minimum absolute atomic E-state index is 0. The van der Waals surface area contributed by atoms with Gasteiger partial charge in [-0.15, -0.1) is 0 Å². The van der Waals surface area contributed by atoms with Crippen molar-refractivity contribution in [3.63, 3.8) is 0 Å². The van der Waals surface area contributed by atoms with Gasteiger partial charge in [-0.25, -0.2) is 0 Å². The molecule has 2 aromatic heterocycles. The van der Waals surface area contributed by atoms with E-state index in [2.05, 4.69) is 9.97 Å². The van der Waals surface area contributed by atoms with Crippen LogP contribution in [-0.4, -0.2) is 9.97 Å². The van der Waals surface area contributed by atoms with E-state index in [0.717, 1.165) is 36.4 Å². The summed E-state index contributed by atoms with van der Waals surface area (Å²) in [6, 6.07) is 9.39. The normalized spacial score (nSPS) is 12.7. The molecule has 5 rings (SSSR count). The van der Waals surface area contributed by atoms with E-state index in [1.54, 1.807) is 0 Å². The third-order valence-electron chi connectivity index (χ3n) is 4.92. The Bertz CT molecular complexity index is 1430. The van der Waals surface area contributed by atoms with Gasteiger partial charge in [0.25, 0.3) is 0 Å². The number of pyridine rings is 2. The molecule has 1 aliphatic heterocycles. The van der Waals surface area contributed by atoms with Gasteiger partial charge in [0, 0.05) is 35.4 Å². The van der Waals surface area contributed by atoms with Crippen LogP contribution in [-0.2, 0) is 33.4 Å². The molecule has 0 aliphatic carbocycles. The average Bonchev–Trinajstić information content (AvgIpc) is 2.84. The zero-order valence-electron chi connectivity index (χ0n) is 19.1. The zero-order valence-corrected chi connectivity index (χ0v) is 21.4. The van der Waals surface area contributed by atoms with Gasteiger partial charge in [0.2, 0.25) is 23.5 Å². The molecule has 0 spiro atoms. The largest absolute Gasteiger partial charge is 2.00 e. The number of halogens is 10. The van der Waals surface area contributed by atoms with Crippen LogP contribution in [0.15, 0.2) is 36.4 Å². The number of aromatic nitrogens is 2. The number of rotatable bonds is 0. The van der Waals surface area contributed by atoms with Crippen molar-refractivity contribution in [1.82, 2.24) is 9.97 Å². The minimum Gasteiger partial charge on any atom is -0.463 e. The summed E-state index contributed by atoms with van der Waals surface area (Å²) in [5.74, 6) is -17.5. The maximum atomic E-state index is 14.7. The van der Waals surface area contributed by atoms with Crippen molar-refractivity contribution in [2.75, 3.05) is 0 Å². The Balaban J connectivity index is 0.00000387. The number of ether oxygens (including phenoxy) is 4. The van der Waals surface area contributed by atoms with Crippen molar-refractivity contribution >= 4 is 0 Å². The molecular formula is C24H6F10N2O4Pt. The van der Waals surface area contributed by atoms with Gasteiger partial charge in [-0.3, -0.25) is 17.6 Å². The summed E-state index contributed by atoms with van der Waals surface area (Å²) in [6.07, 6.45) is -11.2. The Morgan fingerprint density at radius 3 is 0.951 bits per heavy atom. The Hall–Kier alpha value is -4.07. The Kier molecular flexibility index (Phi) is 7.82. The third-order valence-corrected chi connectivity index (χ3v) is 4.92. The van der Waals surface area contributed by atoms with Gasteiger partial charge in [-0.2, -0.15) is 36.3 Å². The van der Waals surface area contributed by atoms with E-state index in [9.17, 15) is 43.9 Å². The molecule has 0 unspecified atom stereocenters. The molecule has 0 radical (unpaired) electrons. The van der Waals surface area contributed by atoms with Crippen LogP contribution in [0.25, 0.3) is 0 Å². The summed E-state index contributed by atoms with van der Waals surface area (Å²) in [5, 5.41) is 0. The Morgan fingerprint density at radius 1 is 0.488 bits per heavy atom. The number of hydrogen-bond donors (Lipinski definition) is 0. The number of benzene rings is 2. The predicted molar refractivity (Wildman–Crippen MR) is 109 cm³/mol. The standard InChI is InChI=1S/C24H6F10N2O4.Pt/c25-19-9-7-11(21(27)17(19)23(29,30)31)39-15-5-2-6-16(36-15)40-12-8-10(20(26)18(22(12)28)24(32,33)34)38-14-4-1-3-13(35-14)37-9;/h1-6H;/q-2;+2. The van der Waals surface area contributed by atoms with Crippen molar-refractivity contribution in [1.29, 1.82) is 0 Å². The minimum atomic E-state index is -5.60. The Morgan fingerprint density at radius 2 is 0.732 bits per heavy atom. The fourth-order valence-electron chi connectivity index (χ4n) is 3.29. The van der Waals surface area contributed by atoms with E-state index in [1.165, 1.54) is 0 Å². The summed E-state index contributed by atoms with van der Waals surface area (Å²) >= 11 is 0. The number of fused-ring (bicyclic) bond motifs is 8. The van der Waals surface area contributed by atoms with Crippen LogP contribution in [0.5, 0.6) is 46.5 Å². The molecule has 0 N–H and O–H groups in total. The van der Waals surface area contributed by atoms with Crippen LogP contribution in [0.4, 0.5) is 43.9 Å². The molecule has 0 fully saturated rings. The smallest absolute Gasteiger partial charge is 0.463 e. The van der Waals surface area contributed by atoms with Crippen molar-refractivity contribution in [3.8, 4) is 46.5 Å². The topological polar surface area (TPSA) is 62.7 Å². The first kappa shape index (κ1) is 29.9. The first-order chi connectivity index (χ1) is 18.7. The van der Waals surface area contributed by atoms with E-state index in [-0.39, 0.29) is 21.1 Å². The van der Waals surface area contributed by atoms with Gasteiger partial charge in [-0.1, -0.05) is 24.3 Å². The van der Waals surface area contributed by atoms with E-state index >= 15 is 0 Å². The van der Waals surface area contributed by atoms with Crippen LogP contribution >= 0.6 is 0 Å². The van der Waals surface area contributed by atoms with Gasteiger partial charge < -0.3 is 18.9 Å². The average molecular weight is 771 g/mol. The maximum absolute atomic E-state index is 14.7. The van der Waals surface area contributed by atoms with Crippen molar-refractivity contribution in [2.45, 2.75) is 12.4 Å². The molecule has 0 saturated carbocycles. The molecule has 1 aliphatic rings. The van der Waals surface area contributed by atoms with Crippen molar-refractivity contribution < 1.29 is 83.9 Å². The molecule has 17 heteroatoms. The Labute approximate surface area is 235 Å². The van der Waals surface area contributed by atoms with Crippen molar-refractivity contribution in [2.24, 2.45) is 0 Å². The van der Waals surface area contributed by atoms with E-state index < -0.39 is 93.3 Å². The molecule has 216 valence electrons. The summed E-state index contributed by atoms with van der Waals surface area (Å²) in [7, 11) is 0. The SMILES string of the molecule is Fc1c2[c-]c(c(F)c1C(F)(F)F)Oc1cccc(n1)Oc1[c-]c(c(F)c(C(F)(F)F)c1F)Oc1cccc(n1)O2.[Pt+2]. The summed E-state index contributed by atoms with van der Waals surface area (Å²) in [4.78, 5) is 7.16. The quantitative estimate of drug-likeness (QED) is 0.117. The number of alkyl halides is 6. The van der Waals surface area contributed by atoms with Crippen LogP contribution < -0.4 is 18.9 Å². The summed E-state index contributed by atoms with van der Waals surface area (Å²) in [6.45, 7) is 0. The number of nitrogens with zero attached hydrogens (tertiary/aromatic N) is 2. The van der Waals surface area contributed by atoms with Crippen LogP contribution in [0.2, 0.25) is 0 Å². The fraction of sp³-hybridized carbons (Fsp3) is 0.0833. The molecule has 0 saturated heterocycles. The van der Waals surface area contributed by atoms with E-state index in [4.69, 9.17) is 18.9 Å². The molecule has 3 heterocycles. The molecule has 4 aromatic rings. The van der Waals surface area contributed by atoms with Gasteiger partial charge in [0.05, 0.1) is 46.3 Å². The first-order valence-electron chi connectivity index (χ1n) is 10.4. The van der Waals surface area contributed by atoms with E-state index in [0.29, 0.717) is 0 Å².